The summed E-state index contributed by atoms with van der Waals surface area (Å²) in [6, 6.07) is 147. The average molecular weight is 1600 g/mol. The summed E-state index contributed by atoms with van der Waals surface area (Å²) in [7, 11) is 0. The van der Waals surface area contributed by atoms with E-state index in [0.717, 1.165) is 188 Å². The van der Waals surface area contributed by atoms with Crippen LogP contribution in [0.5, 0.6) is 0 Å². The zero-order valence-corrected chi connectivity index (χ0v) is 68.1. The Morgan fingerprint density at radius 2 is 0.365 bits per heavy atom. The van der Waals surface area contributed by atoms with E-state index in [9.17, 15) is 0 Å². The van der Waals surface area contributed by atoms with Gasteiger partial charge in [-0.3, -0.25) is 19.9 Å². The van der Waals surface area contributed by atoms with E-state index in [2.05, 4.69) is 382 Å². The van der Waals surface area contributed by atoms with E-state index in [4.69, 9.17) is 39.9 Å². The summed E-state index contributed by atoms with van der Waals surface area (Å²) in [5, 5.41) is 18.1. The quantitative estimate of drug-likeness (QED) is 0.0932. The lowest BCUT2D eigenvalue weighted by atomic mass is 9.84. The zero-order chi connectivity index (χ0) is 83.1. The van der Waals surface area contributed by atoms with Crippen LogP contribution in [-0.2, 0) is 0 Å². The van der Waals surface area contributed by atoms with Crippen molar-refractivity contribution in [2.45, 2.75) is 0 Å². The molecule has 126 heavy (non-hydrogen) atoms. The number of fused-ring (bicyclic) bond motifs is 16. The number of pyridine rings is 8. The Kier molecular flexibility index (Phi) is 17.8. The highest BCUT2D eigenvalue weighted by Gasteiger charge is 2.26. The number of rotatable bonds is 11. The molecule has 8 heteroatoms. The SMILES string of the molecule is c1ccc(-c2cc(-c3c4ccccc4c(-c4ccc(-c5cc(-c6ccccc6)nc6c5ccc5c(-c7ccccc7)ccnc56)cc4)c4ccccc34)c3ccc4cccnc4c3n2)cc1.c1ccc(-c2cc(-c3ccc(-c4c5ccccc5c(-c5cc(-c6ccccc6)nc6c5ccc5cccnc56)c5ccccc45)cc3)c3ccc4cccnc4c3n2)cc1. The number of hydrogen-bond donors (Lipinski definition) is 0. The summed E-state index contributed by atoms with van der Waals surface area (Å²) in [5.74, 6) is 0. The van der Waals surface area contributed by atoms with Crippen molar-refractivity contribution in [2.24, 2.45) is 0 Å². The molecule has 8 aromatic heterocycles. The van der Waals surface area contributed by atoms with Gasteiger partial charge in [0.2, 0.25) is 0 Å². The van der Waals surface area contributed by atoms with Gasteiger partial charge in [-0.05, 0) is 170 Å². The van der Waals surface area contributed by atoms with Gasteiger partial charge in [0.05, 0.1) is 66.9 Å². The second-order valence-electron chi connectivity index (χ2n) is 32.2. The Labute approximate surface area is 725 Å². The molecule has 0 spiro atoms. The van der Waals surface area contributed by atoms with Crippen molar-refractivity contribution < 1.29 is 0 Å². The van der Waals surface area contributed by atoms with Crippen LogP contribution < -0.4 is 0 Å². The summed E-state index contributed by atoms with van der Waals surface area (Å²) >= 11 is 0. The molecule has 0 unspecified atom stereocenters. The Morgan fingerprint density at radius 1 is 0.127 bits per heavy atom. The van der Waals surface area contributed by atoms with Crippen LogP contribution in [0.25, 0.3) is 253 Å². The molecule has 25 rings (SSSR count). The van der Waals surface area contributed by atoms with Gasteiger partial charge < -0.3 is 0 Å². The fourth-order valence-corrected chi connectivity index (χ4v) is 19.3. The molecule has 0 aliphatic carbocycles. The number of nitrogens with zero attached hydrogens (tertiary/aromatic N) is 8. The van der Waals surface area contributed by atoms with E-state index in [-0.39, 0.29) is 0 Å². The first kappa shape index (κ1) is 73.0. The smallest absolute Gasteiger partial charge is 0.0978 e. The number of hydrogen-bond acceptors (Lipinski definition) is 8. The van der Waals surface area contributed by atoms with E-state index < -0.39 is 0 Å². The molecule has 0 bridgehead atoms. The van der Waals surface area contributed by atoms with Crippen LogP contribution >= 0.6 is 0 Å². The highest BCUT2D eigenvalue weighted by atomic mass is 14.8. The summed E-state index contributed by atoms with van der Waals surface area (Å²) in [5.41, 5.74) is 31.3. The van der Waals surface area contributed by atoms with Crippen LogP contribution in [0.4, 0.5) is 0 Å². The summed E-state index contributed by atoms with van der Waals surface area (Å²) in [4.78, 5) is 40.7. The molecule has 0 atom stereocenters. The van der Waals surface area contributed by atoms with Gasteiger partial charge in [-0.15, -0.1) is 0 Å². The van der Waals surface area contributed by atoms with E-state index in [1.54, 1.807) is 0 Å². The first-order valence-electron chi connectivity index (χ1n) is 42.7. The van der Waals surface area contributed by atoms with Crippen LogP contribution in [0.15, 0.2) is 437 Å². The lowest BCUT2D eigenvalue weighted by Gasteiger charge is -2.20. The molecule has 584 valence electrons. The van der Waals surface area contributed by atoms with Crippen molar-refractivity contribution in [1.29, 1.82) is 0 Å². The Balaban J connectivity index is 0.000000142. The molecule has 0 aliphatic heterocycles. The van der Waals surface area contributed by atoms with E-state index >= 15 is 0 Å². The van der Waals surface area contributed by atoms with Gasteiger partial charge in [-0.2, -0.15) is 0 Å². The third-order valence-corrected chi connectivity index (χ3v) is 25.1. The molecule has 0 aliphatic rings. The summed E-state index contributed by atoms with van der Waals surface area (Å²) < 4.78 is 0. The predicted molar refractivity (Wildman–Crippen MR) is 525 cm³/mol. The van der Waals surface area contributed by atoms with Gasteiger partial charge in [0, 0.05) is 90.1 Å². The van der Waals surface area contributed by atoms with Gasteiger partial charge in [0.15, 0.2) is 0 Å². The lowest BCUT2D eigenvalue weighted by molar-refractivity contribution is 1.37. The molecule has 8 nitrogen and oxygen atoms in total. The predicted octanol–water partition coefficient (Wildman–Crippen LogP) is 30.7. The van der Waals surface area contributed by atoms with Crippen molar-refractivity contribution in [1.82, 2.24) is 39.9 Å². The van der Waals surface area contributed by atoms with Crippen molar-refractivity contribution in [2.75, 3.05) is 0 Å². The minimum absolute atomic E-state index is 0.890. The molecular formula is C118H72N8. The van der Waals surface area contributed by atoms with Crippen molar-refractivity contribution >= 4 is 130 Å². The molecule has 0 saturated carbocycles. The molecule has 8 heterocycles. The molecule has 17 aromatic carbocycles. The van der Waals surface area contributed by atoms with E-state index in [1.807, 2.05) is 55.1 Å². The standard InChI is InChI=1S/C62H38N4.C56H34N4/c1-4-15-39(16-5-1)45-34-36-64-60-50(45)32-33-51-53(37-55(66-62(51)60)41-17-6-2-7-18-41)40-26-28-43(29-27-40)57-46-22-10-12-24-48(46)58(49-25-13-11-23-47(49)57)54-38-56(42-19-8-3-9-20-42)65-61-52(54)31-30-44-21-14-35-63-59(44)61;1-3-13-36(14-4-1)49-33-47(45-29-27-39-17-11-31-57-53(39)55(45)59-49)35-23-25-38(26-24-35)51-41-19-7-9-21-43(41)52(44-22-10-8-20-42(44)51)48-34-50(37-15-5-2-6-16-37)60-56-46(48)30-28-40-18-12-32-58-54(40)56/h1-38H;1-34H. The Bertz CT molecular complexity index is 8560. The normalized spacial score (nSPS) is 11.7. The highest BCUT2D eigenvalue weighted by molar-refractivity contribution is 6.27. The van der Waals surface area contributed by atoms with Crippen molar-refractivity contribution in [3.05, 3.63) is 437 Å². The zero-order valence-electron chi connectivity index (χ0n) is 68.1. The lowest BCUT2D eigenvalue weighted by Crippen LogP contribution is -1.95. The maximum atomic E-state index is 5.35. The fourth-order valence-electron chi connectivity index (χ4n) is 19.3. The topological polar surface area (TPSA) is 103 Å². The molecule has 0 amide bonds. The van der Waals surface area contributed by atoms with Crippen molar-refractivity contribution in [3.8, 4) is 123 Å². The highest BCUT2D eigenvalue weighted by Crippen LogP contribution is 2.51. The van der Waals surface area contributed by atoms with Gasteiger partial charge in [0.1, 0.15) is 0 Å². The van der Waals surface area contributed by atoms with Gasteiger partial charge >= 0.3 is 0 Å². The second kappa shape index (κ2) is 30.6. The van der Waals surface area contributed by atoms with Gasteiger partial charge in [-0.25, -0.2) is 19.9 Å². The molecule has 0 radical (unpaired) electrons. The number of aromatic nitrogens is 8. The summed E-state index contributed by atoms with van der Waals surface area (Å²) in [6.45, 7) is 0. The molecular weight excluding hydrogens is 1530 g/mol. The minimum Gasteiger partial charge on any atom is -0.254 e. The van der Waals surface area contributed by atoms with Gasteiger partial charge in [0.25, 0.3) is 0 Å². The summed E-state index contributed by atoms with van der Waals surface area (Å²) in [6.07, 6.45) is 7.49. The first-order chi connectivity index (χ1) is 62.5. The van der Waals surface area contributed by atoms with Crippen LogP contribution in [-0.4, -0.2) is 39.9 Å². The van der Waals surface area contributed by atoms with Crippen LogP contribution in [0.3, 0.4) is 0 Å². The second-order valence-corrected chi connectivity index (χ2v) is 32.2. The van der Waals surface area contributed by atoms with E-state index in [1.165, 1.54) is 65.3 Å². The molecule has 25 aromatic rings. The van der Waals surface area contributed by atoms with E-state index in [0.29, 0.717) is 0 Å². The first-order valence-corrected chi connectivity index (χ1v) is 42.7. The molecule has 0 N–H and O–H groups in total. The Hall–Kier alpha value is -16.9. The Morgan fingerprint density at radius 3 is 0.690 bits per heavy atom. The van der Waals surface area contributed by atoms with Crippen LogP contribution in [0.1, 0.15) is 0 Å². The maximum Gasteiger partial charge on any atom is 0.0978 e. The molecule has 0 fully saturated rings. The maximum absolute atomic E-state index is 5.35. The van der Waals surface area contributed by atoms with Crippen molar-refractivity contribution in [3.63, 3.8) is 0 Å². The van der Waals surface area contributed by atoms with Crippen LogP contribution in [0.2, 0.25) is 0 Å². The third-order valence-electron chi connectivity index (χ3n) is 25.1. The minimum atomic E-state index is 0.890. The third kappa shape index (κ3) is 12.5. The van der Waals surface area contributed by atoms with Crippen LogP contribution in [0, 0.1) is 0 Å². The molecule has 0 saturated heterocycles. The largest absolute Gasteiger partial charge is 0.254 e. The monoisotopic (exact) mass is 1600 g/mol. The van der Waals surface area contributed by atoms with Gasteiger partial charge in [-0.1, -0.05) is 364 Å². The fraction of sp³-hybridized carbons (Fsp3) is 0. The number of benzene rings is 17. The average Bonchev–Trinajstić information content (AvgIpc) is 0.723.